The van der Waals surface area contributed by atoms with Gasteiger partial charge in [-0.3, -0.25) is 4.79 Å². The van der Waals surface area contributed by atoms with Gasteiger partial charge in [-0.15, -0.1) is 0 Å². The van der Waals surface area contributed by atoms with Crippen LogP contribution in [-0.2, 0) is 14.9 Å². The third kappa shape index (κ3) is 5.36. The molecule has 28 heavy (non-hydrogen) atoms. The van der Waals surface area contributed by atoms with Gasteiger partial charge < -0.3 is 14.8 Å². The van der Waals surface area contributed by atoms with E-state index in [0.29, 0.717) is 26.4 Å². The topological polar surface area (TPSA) is 47.6 Å². The molecule has 1 aliphatic heterocycles. The summed E-state index contributed by atoms with van der Waals surface area (Å²) < 4.78 is 12.3. The zero-order valence-electron chi connectivity index (χ0n) is 16.4. The van der Waals surface area contributed by atoms with Crippen LogP contribution in [0.4, 0.5) is 0 Å². The van der Waals surface area contributed by atoms with E-state index < -0.39 is 5.41 Å². The van der Waals surface area contributed by atoms with Crippen molar-refractivity contribution in [3.63, 3.8) is 0 Å². The molecule has 0 aliphatic carbocycles. The second kappa shape index (κ2) is 10.1. The average molecular weight is 446 g/mol. The fourth-order valence-corrected chi connectivity index (χ4v) is 3.82. The van der Waals surface area contributed by atoms with Gasteiger partial charge in [0.05, 0.1) is 12.0 Å². The van der Waals surface area contributed by atoms with E-state index in [1.165, 1.54) is 5.56 Å². The van der Waals surface area contributed by atoms with Crippen LogP contribution >= 0.6 is 15.9 Å². The van der Waals surface area contributed by atoms with Gasteiger partial charge in [0.2, 0.25) is 5.91 Å². The minimum atomic E-state index is -0.489. The maximum atomic E-state index is 13.1. The van der Waals surface area contributed by atoms with Gasteiger partial charge in [-0.2, -0.15) is 0 Å². The molecule has 0 saturated carbocycles. The molecular formula is C23H28BrNO3. The SMILES string of the molecule is Cc1ccc(OCCCCNC(=O)C2(c3ccc(Br)cc3)CCOCC2)cc1. The third-order valence-electron chi connectivity index (χ3n) is 5.32. The Hall–Kier alpha value is -1.85. The molecule has 0 atom stereocenters. The molecule has 0 aromatic heterocycles. The van der Waals surface area contributed by atoms with Crippen LogP contribution in [0, 0.1) is 6.92 Å². The number of aryl methyl sites for hydroxylation is 1. The van der Waals surface area contributed by atoms with Crippen molar-refractivity contribution in [3.8, 4) is 5.75 Å². The second-order valence-electron chi connectivity index (χ2n) is 7.33. The summed E-state index contributed by atoms with van der Waals surface area (Å²) in [5.41, 5.74) is 1.80. The molecule has 2 aromatic carbocycles. The smallest absolute Gasteiger partial charge is 0.230 e. The van der Waals surface area contributed by atoms with Crippen LogP contribution in [-0.4, -0.2) is 32.3 Å². The minimum absolute atomic E-state index is 0.109. The number of carbonyl (C=O) groups is 1. The largest absolute Gasteiger partial charge is 0.494 e. The van der Waals surface area contributed by atoms with E-state index in [0.717, 1.165) is 41.5 Å². The molecule has 1 saturated heterocycles. The average Bonchev–Trinajstić information content (AvgIpc) is 2.72. The van der Waals surface area contributed by atoms with E-state index in [2.05, 4.69) is 28.2 Å². The van der Waals surface area contributed by atoms with Crippen molar-refractivity contribution in [2.24, 2.45) is 0 Å². The lowest BCUT2D eigenvalue weighted by Gasteiger charge is -2.36. The molecule has 3 rings (SSSR count). The highest BCUT2D eigenvalue weighted by Gasteiger charge is 2.41. The number of rotatable bonds is 8. The Kier molecular flexibility index (Phi) is 7.51. The summed E-state index contributed by atoms with van der Waals surface area (Å²) >= 11 is 3.47. The molecule has 1 aliphatic rings. The zero-order chi connectivity index (χ0) is 19.8. The van der Waals surface area contributed by atoms with Crippen molar-refractivity contribution in [2.75, 3.05) is 26.4 Å². The predicted molar refractivity (Wildman–Crippen MR) is 115 cm³/mol. The number of hydrogen-bond donors (Lipinski definition) is 1. The van der Waals surface area contributed by atoms with Gasteiger partial charge in [0, 0.05) is 24.2 Å². The van der Waals surface area contributed by atoms with Gasteiger partial charge in [-0.25, -0.2) is 0 Å². The molecule has 2 aromatic rings. The van der Waals surface area contributed by atoms with Gasteiger partial charge >= 0.3 is 0 Å². The molecule has 4 nitrogen and oxygen atoms in total. The van der Waals surface area contributed by atoms with E-state index in [-0.39, 0.29) is 5.91 Å². The predicted octanol–water partition coefficient (Wildman–Crippen LogP) is 4.78. The molecule has 1 fully saturated rings. The number of benzene rings is 2. The van der Waals surface area contributed by atoms with Gasteiger partial charge in [0.25, 0.3) is 0 Å². The first-order valence-corrected chi connectivity index (χ1v) is 10.7. The number of nitrogens with one attached hydrogen (secondary N) is 1. The molecular weight excluding hydrogens is 418 g/mol. The van der Waals surface area contributed by atoms with Crippen LogP contribution in [0.2, 0.25) is 0 Å². The highest BCUT2D eigenvalue weighted by atomic mass is 79.9. The lowest BCUT2D eigenvalue weighted by atomic mass is 9.73. The summed E-state index contributed by atoms with van der Waals surface area (Å²) in [6, 6.07) is 16.2. The van der Waals surface area contributed by atoms with Crippen molar-refractivity contribution in [1.82, 2.24) is 5.32 Å². The lowest BCUT2D eigenvalue weighted by molar-refractivity contribution is -0.130. The summed E-state index contributed by atoms with van der Waals surface area (Å²) in [6.07, 6.45) is 3.24. The minimum Gasteiger partial charge on any atom is -0.494 e. The van der Waals surface area contributed by atoms with E-state index in [1.54, 1.807) is 0 Å². The first kappa shape index (κ1) is 20.9. The van der Waals surface area contributed by atoms with Crippen molar-refractivity contribution < 1.29 is 14.3 Å². The van der Waals surface area contributed by atoms with Crippen LogP contribution in [0.1, 0.15) is 36.8 Å². The maximum absolute atomic E-state index is 13.1. The van der Waals surface area contributed by atoms with Crippen LogP contribution in [0.15, 0.2) is 53.0 Å². The van der Waals surface area contributed by atoms with Gasteiger partial charge in [0.15, 0.2) is 0 Å². The van der Waals surface area contributed by atoms with E-state index in [9.17, 15) is 4.79 Å². The van der Waals surface area contributed by atoms with Crippen LogP contribution in [0.5, 0.6) is 5.75 Å². The highest BCUT2D eigenvalue weighted by Crippen LogP contribution is 2.35. The number of hydrogen-bond acceptors (Lipinski definition) is 3. The van der Waals surface area contributed by atoms with E-state index >= 15 is 0 Å². The van der Waals surface area contributed by atoms with Crippen LogP contribution in [0.3, 0.4) is 0 Å². The molecule has 0 spiro atoms. The first-order chi connectivity index (χ1) is 13.6. The Labute approximate surface area is 175 Å². The molecule has 1 heterocycles. The molecule has 0 radical (unpaired) electrons. The Morgan fingerprint density at radius 1 is 1.07 bits per heavy atom. The zero-order valence-corrected chi connectivity index (χ0v) is 18.0. The molecule has 5 heteroatoms. The number of halogens is 1. The second-order valence-corrected chi connectivity index (χ2v) is 8.24. The van der Waals surface area contributed by atoms with E-state index in [1.807, 2.05) is 48.5 Å². The van der Waals surface area contributed by atoms with Crippen molar-refractivity contribution in [1.29, 1.82) is 0 Å². The van der Waals surface area contributed by atoms with Crippen LogP contribution in [0.25, 0.3) is 0 Å². The van der Waals surface area contributed by atoms with Gasteiger partial charge in [0.1, 0.15) is 5.75 Å². The summed E-state index contributed by atoms with van der Waals surface area (Å²) in [4.78, 5) is 13.1. The molecule has 1 N–H and O–H groups in total. The van der Waals surface area contributed by atoms with Crippen molar-refractivity contribution in [3.05, 3.63) is 64.1 Å². The fraction of sp³-hybridized carbons (Fsp3) is 0.435. The van der Waals surface area contributed by atoms with Crippen molar-refractivity contribution in [2.45, 2.75) is 38.0 Å². The fourth-order valence-electron chi connectivity index (χ4n) is 3.56. The highest BCUT2D eigenvalue weighted by molar-refractivity contribution is 9.10. The number of unbranched alkanes of at least 4 members (excludes halogenated alkanes) is 1. The summed E-state index contributed by atoms with van der Waals surface area (Å²) in [6.45, 7) is 4.62. The summed E-state index contributed by atoms with van der Waals surface area (Å²) in [5, 5.41) is 3.15. The number of amides is 1. The molecule has 1 amide bonds. The number of ether oxygens (including phenoxy) is 2. The standard InChI is InChI=1S/C23H28BrNO3/c1-18-4-10-21(11-5-18)28-15-3-2-14-25-22(26)23(12-16-27-17-13-23)19-6-8-20(24)9-7-19/h4-11H,2-3,12-17H2,1H3,(H,25,26). The monoisotopic (exact) mass is 445 g/mol. The molecule has 0 bridgehead atoms. The van der Waals surface area contributed by atoms with Gasteiger partial charge in [-0.05, 0) is 62.4 Å². The van der Waals surface area contributed by atoms with E-state index in [4.69, 9.17) is 9.47 Å². The van der Waals surface area contributed by atoms with Crippen LogP contribution < -0.4 is 10.1 Å². The summed E-state index contributed by atoms with van der Waals surface area (Å²) in [7, 11) is 0. The Bertz CT molecular complexity index is 752. The quantitative estimate of drug-likeness (QED) is 0.594. The molecule has 150 valence electrons. The first-order valence-electron chi connectivity index (χ1n) is 9.92. The number of carbonyl (C=O) groups excluding carboxylic acids is 1. The Morgan fingerprint density at radius 2 is 1.75 bits per heavy atom. The van der Waals surface area contributed by atoms with Gasteiger partial charge in [-0.1, -0.05) is 45.8 Å². The Balaban J connectivity index is 1.47. The maximum Gasteiger partial charge on any atom is 0.230 e. The molecule has 0 unspecified atom stereocenters. The summed E-state index contributed by atoms with van der Waals surface area (Å²) in [5.74, 6) is 1.00. The normalized spacial score (nSPS) is 15.8. The lowest BCUT2D eigenvalue weighted by Crippen LogP contribution is -2.48. The Morgan fingerprint density at radius 3 is 2.43 bits per heavy atom. The third-order valence-corrected chi connectivity index (χ3v) is 5.85. The van der Waals surface area contributed by atoms with Crippen molar-refractivity contribution >= 4 is 21.8 Å².